The van der Waals surface area contributed by atoms with Crippen molar-refractivity contribution in [2.45, 2.75) is 45.1 Å². The van der Waals surface area contributed by atoms with Gasteiger partial charge in [0.2, 0.25) is 0 Å². The van der Waals surface area contributed by atoms with Crippen LogP contribution in [0.25, 0.3) is 0 Å². The lowest BCUT2D eigenvalue weighted by atomic mass is 10.1. The topological polar surface area (TPSA) is 75.3 Å². The first-order chi connectivity index (χ1) is 6.70. The molecule has 0 fully saturated rings. The Bertz CT molecular complexity index is 151. The van der Waals surface area contributed by atoms with Crippen LogP contribution < -0.4 is 11.1 Å². The van der Waals surface area contributed by atoms with Gasteiger partial charge in [-0.05, 0) is 6.42 Å². The van der Waals surface area contributed by atoms with Crippen LogP contribution in [0, 0.1) is 0 Å². The van der Waals surface area contributed by atoms with E-state index in [1.165, 1.54) is 6.42 Å². The molecule has 0 aliphatic rings. The molecule has 0 saturated heterocycles. The van der Waals surface area contributed by atoms with Gasteiger partial charge in [0, 0.05) is 19.1 Å². The Hall–Kier alpha value is -0.610. The Morgan fingerprint density at radius 2 is 2.21 bits per heavy atom. The number of nitrogens with one attached hydrogen (secondary N) is 1. The zero-order valence-corrected chi connectivity index (χ0v) is 8.96. The Morgan fingerprint density at radius 1 is 1.50 bits per heavy atom. The number of unbranched alkanes of at least 4 members (excludes halogenated alkanes) is 2. The van der Waals surface area contributed by atoms with Gasteiger partial charge in [0.25, 0.3) is 0 Å². The van der Waals surface area contributed by atoms with Crippen molar-refractivity contribution in [3.8, 4) is 0 Å². The minimum Gasteiger partial charge on any atom is -0.481 e. The van der Waals surface area contributed by atoms with E-state index in [-0.39, 0.29) is 12.5 Å². The number of carbonyl (C=O) groups is 1. The minimum atomic E-state index is -0.740. The first-order valence-electron chi connectivity index (χ1n) is 5.36. The highest BCUT2D eigenvalue weighted by Gasteiger charge is 2.11. The molecule has 0 radical (unpaired) electrons. The molecule has 0 aliphatic heterocycles. The largest absolute Gasteiger partial charge is 0.481 e. The third-order valence-corrected chi connectivity index (χ3v) is 2.15. The lowest BCUT2D eigenvalue weighted by Gasteiger charge is -2.15. The molecule has 4 N–H and O–H groups in total. The second-order valence-electron chi connectivity index (χ2n) is 3.53. The van der Waals surface area contributed by atoms with Crippen molar-refractivity contribution in [1.29, 1.82) is 0 Å². The van der Waals surface area contributed by atoms with E-state index in [0.29, 0.717) is 13.1 Å². The van der Waals surface area contributed by atoms with Gasteiger partial charge in [-0.15, -0.1) is 0 Å². The molecule has 0 spiro atoms. The normalized spacial score (nSPS) is 12.7. The third-order valence-electron chi connectivity index (χ3n) is 2.15. The van der Waals surface area contributed by atoms with E-state index in [4.69, 9.17) is 10.8 Å². The number of nitrogens with two attached hydrogens (primary N) is 1. The molecule has 0 rings (SSSR count). The van der Waals surface area contributed by atoms with E-state index in [9.17, 15) is 4.79 Å². The van der Waals surface area contributed by atoms with Crippen molar-refractivity contribution in [1.82, 2.24) is 5.32 Å². The summed E-state index contributed by atoms with van der Waals surface area (Å²) in [6, 6.07) is 0.0857. The zero-order valence-electron chi connectivity index (χ0n) is 8.96. The average molecular weight is 202 g/mol. The average Bonchev–Trinajstić information content (AvgIpc) is 2.13. The van der Waals surface area contributed by atoms with Crippen molar-refractivity contribution in [3.05, 3.63) is 0 Å². The van der Waals surface area contributed by atoms with Gasteiger partial charge >= 0.3 is 5.97 Å². The fourth-order valence-electron chi connectivity index (χ4n) is 1.42. The monoisotopic (exact) mass is 202 g/mol. The van der Waals surface area contributed by atoms with Crippen LogP contribution in [0.15, 0.2) is 0 Å². The second kappa shape index (κ2) is 8.97. The first kappa shape index (κ1) is 13.4. The van der Waals surface area contributed by atoms with Crippen molar-refractivity contribution in [2.75, 3.05) is 13.1 Å². The molecule has 4 heteroatoms. The van der Waals surface area contributed by atoms with E-state index >= 15 is 0 Å². The van der Waals surface area contributed by atoms with Crippen LogP contribution in [0.4, 0.5) is 0 Å². The lowest BCUT2D eigenvalue weighted by molar-refractivity contribution is -0.137. The van der Waals surface area contributed by atoms with Gasteiger partial charge in [-0.1, -0.05) is 26.2 Å². The highest BCUT2D eigenvalue weighted by Crippen LogP contribution is 2.06. The molecule has 1 unspecified atom stereocenters. The van der Waals surface area contributed by atoms with Crippen molar-refractivity contribution in [3.63, 3.8) is 0 Å². The Morgan fingerprint density at radius 3 is 2.71 bits per heavy atom. The maximum atomic E-state index is 10.5. The molecule has 4 nitrogen and oxygen atoms in total. The Balaban J connectivity index is 3.66. The Kier molecular flexibility index (Phi) is 8.57. The molecule has 0 aliphatic carbocycles. The number of hydrogen-bond donors (Lipinski definition) is 3. The number of aliphatic carboxylic acids is 1. The van der Waals surface area contributed by atoms with Crippen molar-refractivity contribution >= 4 is 5.97 Å². The predicted molar refractivity (Wildman–Crippen MR) is 57.2 cm³/mol. The quantitative estimate of drug-likeness (QED) is 0.487. The summed E-state index contributed by atoms with van der Waals surface area (Å²) in [7, 11) is 0. The van der Waals surface area contributed by atoms with Crippen LogP contribution in [0.3, 0.4) is 0 Å². The van der Waals surface area contributed by atoms with Gasteiger partial charge in [0.05, 0.1) is 6.42 Å². The van der Waals surface area contributed by atoms with E-state index in [1.54, 1.807) is 0 Å². The summed E-state index contributed by atoms with van der Waals surface area (Å²) in [6.07, 6.45) is 4.55. The maximum absolute atomic E-state index is 10.5. The van der Waals surface area contributed by atoms with Gasteiger partial charge < -0.3 is 16.2 Å². The van der Waals surface area contributed by atoms with Crippen molar-refractivity contribution in [2.24, 2.45) is 5.73 Å². The van der Waals surface area contributed by atoms with Gasteiger partial charge in [-0.3, -0.25) is 4.79 Å². The van der Waals surface area contributed by atoms with Gasteiger partial charge in [-0.25, -0.2) is 0 Å². The van der Waals surface area contributed by atoms with Crippen LogP contribution >= 0.6 is 0 Å². The molecule has 0 saturated carbocycles. The molecule has 0 aromatic carbocycles. The summed E-state index contributed by atoms with van der Waals surface area (Å²) in [4.78, 5) is 10.5. The zero-order chi connectivity index (χ0) is 10.8. The predicted octanol–water partition coefficient (Wildman–Crippen LogP) is 0.958. The van der Waals surface area contributed by atoms with Gasteiger partial charge in [-0.2, -0.15) is 0 Å². The van der Waals surface area contributed by atoms with E-state index in [0.717, 1.165) is 19.3 Å². The SMILES string of the molecule is CCCCCC(CC(=O)O)NCCN. The fourth-order valence-corrected chi connectivity index (χ4v) is 1.42. The molecule has 0 amide bonds. The summed E-state index contributed by atoms with van der Waals surface area (Å²) >= 11 is 0. The van der Waals surface area contributed by atoms with Crippen LogP contribution in [-0.2, 0) is 4.79 Å². The molecule has 14 heavy (non-hydrogen) atoms. The maximum Gasteiger partial charge on any atom is 0.304 e. The summed E-state index contributed by atoms with van der Waals surface area (Å²) in [6.45, 7) is 3.40. The standard InChI is InChI=1S/C10H22N2O2/c1-2-3-4-5-9(8-10(13)14)12-7-6-11/h9,12H,2-8,11H2,1H3,(H,13,14). The van der Waals surface area contributed by atoms with E-state index in [2.05, 4.69) is 12.2 Å². The highest BCUT2D eigenvalue weighted by molar-refractivity contribution is 5.67. The number of rotatable bonds is 9. The van der Waals surface area contributed by atoms with Crippen LogP contribution in [0.2, 0.25) is 0 Å². The number of hydrogen-bond acceptors (Lipinski definition) is 3. The summed E-state index contributed by atoms with van der Waals surface area (Å²) in [5.74, 6) is -0.740. The highest BCUT2D eigenvalue weighted by atomic mass is 16.4. The smallest absolute Gasteiger partial charge is 0.304 e. The minimum absolute atomic E-state index is 0.0857. The van der Waals surface area contributed by atoms with E-state index < -0.39 is 5.97 Å². The number of carboxylic acids is 1. The molecule has 0 bridgehead atoms. The molecular weight excluding hydrogens is 180 g/mol. The van der Waals surface area contributed by atoms with E-state index in [1.807, 2.05) is 0 Å². The lowest BCUT2D eigenvalue weighted by Crippen LogP contribution is -2.35. The van der Waals surface area contributed by atoms with Crippen LogP contribution in [0.5, 0.6) is 0 Å². The second-order valence-corrected chi connectivity index (χ2v) is 3.53. The van der Waals surface area contributed by atoms with Crippen molar-refractivity contribution < 1.29 is 9.90 Å². The summed E-state index contributed by atoms with van der Waals surface area (Å²) < 4.78 is 0. The molecular formula is C10H22N2O2. The molecule has 1 atom stereocenters. The van der Waals surface area contributed by atoms with Gasteiger partial charge in [0.1, 0.15) is 0 Å². The fraction of sp³-hybridized carbons (Fsp3) is 0.900. The molecule has 84 valence electrons. The molecule has 0 aromatic heterocycles. The first-order valence-corrected chi connectivity index (χ1v) is 5.36. The van der Waals surface area contributed by atoms with Crippen LogP contribution in [0.1, 0.15) is 39.0 Å². The van der Waals surface area contributed by atoms with Crippen LogP contribution in [-0.4, -0.2) is 30.2 Å². The summed E-state index contributed by atoms with van der Waals surface area (Å²) in [5.41, 5.74) is 5.35. The molecule has 0 heterocycles. The van der Waals surface area contributed by atoms with Gasteiger partial charge in [0.15, 0.2) is 0 Å². The third kappa shape index (κ3) is 8.01. The summed E-state index contributed by atoms with van der Waals surface area (Å²) in [5, 5.41) is 11.8. The Labute approximate surface area is 85.9 Å². The number of carboxylic acid groups (broad SMARTS) is 1. The molecule has 0 aromatic rings.